The third-order valence-corrected chi connectivity index (χ3v) is 4.87. The lowest BCUT2D eigenvalue weighted by atomic mass is 9.63. The van der Waals surface area contributed by atoms with Crippen molar-refractivity contribution >= 4 is 0 Å². The van der Waals surface area contributed by atoms with Crippen LogP contribution in [-0.4, -0.2) is 0 Å². The molecular formula is C14H20. The van der Waals surface area contributed by atoms with Gasteiger partial charge < -0.3 is 0 Å². The summed E-state index contributed by atoms with van der Waals surface area (Å²) in [6.07, 6.45) is 21.2. The SMILES string of the molecule is C1=CC2(C=C1)CCC1(CCCC1)CC2. The standard InChI is InChI=1S/C14H20/c1-2-6-13(5-1)9-11-14(12-10-13)7-3-4-8-14/h1-2,5-6H,3-4,7-12H2. The largest absolute Gasteiger partial charge is 0.0745 e. The molecule has 0 atom stereocenters. The van der Waals surface area contributed by atoms with E-state index in [4.69, 9.17) is 0 Å². The van der Waals surface area contributed by atoms with Crippen LogP contribution in [0.4, 0.5) is 0 Å². The molecule has 14 heavy (non-hydrogen) atoms. The van der Waals surface area contributed by atoms with E-state index in [0.717, 1.165) is 5.41 Å². The minimum Gasteiger partial charge on any atom is -0.0745 e. The number of hydrogen-bond acceptors (Lipinski definition) is 0. The van der Waals surface area contributed by atoms with Gasteiger partial charge in [0.25, 0.3) is 0 Å². The first-order chi connectivity index (χ1) is 6.83. The molecule has 76 valence electrons. The van der Waals surface area contributed by atoms with Gasteiger partial charge in [-0.3, -0.25) is 0 Å². The predicted octanol–water partition coefficient (Wildman–Crippen LogP) is 4.23. The first kappa shape index (κ1) is 8.76. The first-order valence-electron chi connectivity index (χ1n) is 6.20. The molecule has 0 saturated heterocycles. The van der Waals surface area contributed by atoms with Crippen LogP contribution >= 0.6 is 0 Å². The summed E-state index contributed by atoms with van der Waals surface area (Å²) in [7, 11) is 0. The van der Waals surface area contributed by atoms with Gasteiger partial charge in [0, 0.05) is 5.41 Å². The Bertz CT molecular complexity index is 252. The molecule has 0 nitrogen and oxygen atoms in total. The van der Waals surface area contributed by atoms with Crippen LogP contribution in [0.15, 0.2) is 24.3 Å². The van der Waals surface area contributed by atoms with E-state index >= 15 is 0 Å². The van der Waals surface area contributed by atoms with Crippen LogP contribution in [0.5, 0.6) is 0 Å². The molecule has 0 amide bonds. The summed E-state index contributed by atoms with van der Waals surface area (Å²) in [5, 5.41) is 0. The zero-order valence-corrected chi connectivity index (χ0v) is 8.97. The van der Waals surface area contributed by atoms with Crippen molar-refractivity contribution in [3.8, 4) is 0 Å². The zero-order valence-electron chi connectivity index (χ0n) is 8.97. The molecule has 0 N–H and O–H groups in total. The van der Waals surface area contributed by atoms with Crippen molar-refractivity contribution in [3.05, 3.63) is 24.3 Å². The Balaban J connectivity index is 1.72. The summed E-state index contributed by atoms with van der Waals surface area (Å²) in [5.74, 6) is 0. The lowest BCUT2D eigenvalue weighted by Gasteiger charge is -2.41. The van der Waals surface area contributed by atoms with Gasteiger partial charge in [-0.05, 0) is 43.9 Å². The molecule has 0 aliphatic heterocycles. The van der Waals surface area contributed by atoms with Crippen LogP contribution in [0.25, 0.3) is 0 Å². The van der Waals surface area contributed by atoms with Crippen molar-refractivity contribution in [2.24, 2.45) is 10.8 Å². The fourth-order valence-corrected chi connectivity index (χ4v) is 3.75. The molecule has 0 heteroatoms. The molecular weight excluding hydrogens is 168 g/mol. The maximum absolute atomic E-state index is 2.44. The van der Waals surface area contributed by atoms with Crippen LogP contribution < -0.4 is 0 Å². The van der Waals surface area contributed by atoms with E-state index in [1.54, 1.807) is 0 Å². The quantitative estimate of drug-likeness (QED) is 0.533. The minimum atomic E-state index is 0.494. The lowest BCUT2D eigenvalue weighted by molar-refractivity contribution is 0.141. The van der Waals surface area contributed by atoms with E-state index in [1.165, 1.54) is 51.4 Å². The monoisotopic (exact) mass is 188 g/mol. The van der Waals surface area contributed by atoms with Crippen molar-refractivity contribution in [3.63, 3.8) is 0 Å². The summed E-state index contributed by atoms with van der Waals surface area (Å²) < 4.78 is 0. The van der Waals surface area contributed by atoms with Crippen molar-refractivity contribution in [1.82, 2.24) is 0 Å². The van der Waals surface area contributed by atoms with Crippen molar-refractivity contribution in [2.75, 3.05) is 0 Å². The number of hydrogen-bond donors (Lipinski definition) is 0. The maximum atomic E-state index is 2.44. The van der Waals surface area contributed by atoms with Gasteiger partial charge in [0.05, 0.1) is 0 Å². The van der Waals surface area contributed by atoms with Crippen molar-refractivity contribution in [1.29, 1.82) is 0 Å². The molecule has 0 bridgehead atoms. The molecule has 3 rings (SSSR count). The summed E-state index contributed by atoms with van der Waals surface area (Å²) >= 11 is 0. The molecule has 0 heterocycles. The van der Waals surface area contributed by atoms with Crippen LogP contribution in [0.3, 0.4) is 0 Å². The molecule has 0 aromatic carbocycles. The first-order valence-corrected chi connectivity index (χ1v) is 6.20. The van der Waals surface area contributed by atoms with Crippen LogP contribution in [0.1, 0.15) is 51.4 Å². The van der Waals surface area contributed by atoms with Crippen LogP contribution in [0, 0.1) is 10.8 Å². The highest BCUT2D eigenvalue weighted by Crippen LogP contribution is 2.55. The van der Waals surface area contributed by atoms with Gasteiger partial charge in [0.15, 0.2) is 0 Å². The molecule has 3 aliphatic rings. The normalized spacial score (nSPS) is 32.0. The second kappa shape index (κ2) is 2.98. The molecule has 0 unspecified atom stereocenters. The fourth-order valence-electron chi connectivity index (χ4n) is 3.75. The average molecular weight is 188 g/mol. The molecule has 3 aliphatic carbocycles. The Labute approximate surface area is 87.1 Å². The molecule has 0 aromatic heterocycles. The molecule has 0 aromatic rings. The number of allylic oxidation sites excluding steroid dienone is 4. The minimum absolute atomic E-state index is 0.494. The van der Waals surface area contributed by atoms with Gasteiger partial charge in [-0.15, -0.1) is 0 Å². The molecule has 2 spiro atoms. The second-order valence-corrected chi connectivity index (χ2v) is 5.66. The zero-order chi connectivity index (χ0) is 9.49. The van der Waals surface area contributed by atoms with Gasteiger partial charge in [-0.2, -0.15) is 0 Å². The molecule has 2 fully saturated rings. The Morgan fingerprint density at radius 2 is 1.21 bits per heavy atom. The smallest absolute Gasteiger partial charge is 0.00675 e. The molecule has 2 saturated carbocycles. The van der Waals surface area contributed by atoms with Crippen molar-refractivity contribution < 1.29 is 0 Å². The van der Waals surface area contributed by atoms with E-state index in [-0.39, 0.29) is 0 Å². The maximum Gasteiger partial charge on any atom is 0.00675 e. The van der Waals surface area contributed by atoms with Gasteiger partial charge >= 0.3 is 0 Å². The van der Waals surface area contributed by atoms with Gasteiger partial charge in [-0.1, -0.05) is 37.1 Å². The van der Waals surface area contributed by atoms with E-state index in [1.807, 2.05) is 0 Å². The average Bonchev–Trinajstić information content (AvgIpc) is 2.81. The Morgan fingerprint density at radius 3 is 1.79 bits per heavy atom. The van der Waals surface area contributed by atoms with E-state index in [9.17, 15) is 0 Å². The fraction of sp³-hybridized carbons (Fsp3) is 0.714. The van der Waals surface area contributed by atoms with E-state index in [2.05, 4.69) is 24.3 Å². The Morgan fingerprint density at radius 1 is 0.643 bits per heavy atom. The van der Waals surface area contributed by atoms with E-state index in [0.29, 0.717) is 5.41 Å². The van der Waals surface area contributed by atoms with Crippen LogP contribution in [0.2, 0.25) is 0 Å². The lowest BCUT2D eigenvalue weighted by Crippen LogP contribution is -2.29. The Hall–Kier alpha value is -0.520. The predicted molar refractivity (Wildman–Crippen MR) is 60.1 cm³/mol. The van der Waals surface area contributed by atoms with E-state index < -0.39 is 0 Å². The highest BCUT2D eigenvalue weighted by molar-refractivity contribution is 5.26. The third-order valence-electron chi connectivity index (χ3n) is 4.87. The second-order valence-electron chi connectivity index (χ2n) is 5.66. The van der Waals surface area contributed by atoms with Crippen LogP contribution in [-0.2, 0) is 0 Å². The summed E-state index contributed by atoms with van der Waals surface area (Å²) in [4.78, 5) is 0. The van der Waals surface area contributed by atoms with Gasteiger partial charge in [-0.25, -0.2) is 0 Å². The highest BCUT2D eigenvalue weighted by Gasteiger charge is 2.42. The third kappa shape index (κ3) is 1.27. The topological polar surface area (TPSA) is 0 Å². The highest BCUT2D eigenvalue weighted by atomic mass is 14.5. The Kier molecular flexibility index (Phi) is 1.87. The summed E-state index contributed by atoms with van der Waals surface area (Å²) in [6, 6.07) is 0. The van der Waals surface area contributed by atoms with Gasteiger partial charge in [0.2, 0.25) is 0 Å². The summed E-state index contributed by atoms with van der Waals surface area (Å²) in [5.41, 5.74) is 1.28. The molecule has 0 radical (unpaired) electrons. The van der Waals surface area contributed by atoms with Crippen molar-refractivity contribution in [2.45, 2.75) is 51.4 Å². The number of rotatable bonds is 0. The van der Waals surface area contributed by atoms with Gasteiger partial charge in [0.1, 0.15) is 0 Å². The summed E-state index contributed by atoms with van der Waals surface area (Å²) in [6.45, 7) is 0.